The Hall–Kier alpha value is -11.7. The number of amides is 8. The SMILES string of the molecule is CC(C)(C)OC(=O)NCCCCN.CC(C)(C)OC(=O)NCCCCNc1ccc(C(N)=O)cc1N.CC(C)(C)OC(=O)NCCCCNc1ccc(C(N)=O)cc1[N+](=O)[O-].CCn1nc(C)cc1C(=O)Cc1nc2cc(C(N)=O)ccc2n1CCCCn1c(NC(=O)c2cc(C)nn2CC)nc2cc(C(=O)OC)cc(OC)c21.CO.N#CBr.NC(=O)c1ccc(F)c([N+](=O)[O-])c1.O=CO[O-].[H-].[K+].[K+]. The number of alkyl carbamates (subject to hydrolysis) is 3. The standard InChI is InChI=1S/C37H42N10O6.C16H24N4O5.C16H26N4O3.C9H20N2O2.C7H5FN2O3.CBrN.CH2O3.CH4O.2K.H/c1-7-46-28(15-21(3)42-46)30(48)20-32-39-25-17-23(34(38)49)11-12-27(25)44(32)13-9-10-14-45-33-26(18-24(36(51)53-6)19-31(33)52-5)40-37(45)41-35(50)29-16-22(4)43-47(29)8-2;1-16(2,3)25-15(22)19-9-5-4-8-18-12-7-6-11(14(17)21)10-13(12)20(23)24;1-16(2,3)23-15(22)20-9-5-4-8-19-13-7-6-11(14(18)21)10-12(13)17;1-9(2,3)13-8(12)11-7-5-4-6-10;8-5-2-1-4(7(9)11)3-6(5)10(12)13;2-1-3;2-1-4-3;1-2;;;/h11-12,15-19H,7-10,13-14,20H2,1-6H3,(H2,38,49)(H,40,41,50);6-7,10,18H,4-5,8-9H2,1-3H3,(H2,17,21)(H,19,22);6-7,10,19H,4-5,8-9,17H2,1-3H3,(H2,18,21)(H,20,22);4-7,10H2,1-3H3,(H,11,12);1-3H,(H2,9,11);;1,3H;2H,1H3;;;/q;;;;;;;;2*+1;-1/p-1. The molecule has 0 unspecified atom stereocenters. The Balaban J connectivity index is 0. The number of ether oxygens (including phenoxy) is 5. The molecule has 0 saturated heterocycles. The molecule has 0 spiro atoms. The van der Waals surface area contributed by atoms with Gasteiger partial charge in [-0.05, 0) is 233 Å². The molecule has 5 aromatic carbocycles. The van der Waals surface area contributed by atoms with Gasteiger partial charge in [0.1, 0.15) is 55.9 Å². The number of imidazole rings is 2. The van der Waals surface area contributed by atoms with Crippen molar-refractivity contribution in [2.24, 2.45) is 28.7 Å². The van der Waals surface area contributed by atoms with Gasteiger partial charge in [-0.1, -0.05) is 0 Å². The number of esters is 1. The van der Waals surface area contributed by atoms with Crippen molar-refractivity contribution in [3.8, 4) is 10.7 Å². The summed E-state index contributed by atoms with van der Waals surface area (Å²) in [4.78, 5) is 160. The van der Waals surface area contributed by atoms with E-state index in [0.717, 1.165) is 74.0 Å². The number of fused-ring (bicyclic) bond motifs is 2. The number of Topliss-reactive ketones (excluding diaryl/α,β-unsaturated/α-hetero) is 1. The maximum Gasteiger partial charge on any atom is 1.00 e. The molecule has 9 rings (SSSR count). The van der Waals surface area contributed by atoms with Crippen molar-refractivity contribution < 1.29 is 210 Å². The minimum atomic E-state index is -0.991. The smallest absolute Gasteiger partial charge is 1.00 e. The Labute approximate surface area is 891 Å². The van der Waals surface area contributed by atoms with Crippen LogP contribution in [0.4, 0.5) is 53.2 Å². The number of aliphatic hydroxyl groups excluding tert-OH is 1. The molecule has 0 saturated carbocycles. The van der Waals surface area contributed by atoms with E-state index in [4.69, 9.17) is 88.5 Å². The number of halogens is 2. The molecular formula is C88H123BrFK2N23O23. The quantitative estimate of drug-likeness (QED) is 0.00249. The van der Waals surface area contributed by atoms with Gasteiger partial charge in [0.05, 0.1) is 75.4 Å². The number of nitrogen functional groups attached to an aromatic ring is 1. The fourth-order valence-corrected chi connectivity index (χ4v) is 12.0. The normalized spacial score (nSPS) is 10.3. The largest absolute Gasteiger partial charge is 1.00 e. The monoisotopic (exact) mass is 2050 g/mol. The van der Waals surface area contributed by atoms with E-state index in [9.17, 15) is 72.6 Å². The number of nitrogens with zero attached hydrogens (tertiary/aromatic N) is 11. The zero-order valence-electron chi connectivity index (χ0n) is 81.8. The Morgan fingerprint density at radius 2 is 0.978 bits per heavy atom. The van der Waals surface area contributed by atoms with Gasteiger partial charge in [-0.25, -0.2) is 29.1 Å². The van der Waals surface area contributed by atoms with E-state index in [1.807, 2.05) is 78.4 Å². The number of hydrogen-bond donors (Lipinski definition) is 13. The number of methoxy groups -OCH3 is 2. The van der Waals surface area contributed by atoms with Gasteiger partial charge in [0.15, 0.2) is 5.78 Å². The minimum Gasteiger partial charge on any atom is -1.00 e. The van der Waals surface area contributed by atoms with Crippen LogP contribution in [0.25, 0.3) is 22.1 Å². The summed E-state index contributed by atoms with van der Waals surface area (Å²) >= 11 is 2.45. The summed E-state index contributed by atoms with van der Waals surface area (Å²) in [5, 5.41) is 69.9. The number of nitro benzene ring substituents is 2. The number of primary amides is 4. The molecule has 46 nitrogen and oxygen atoms in total. The fraction of sp³-hybridized carbons (Fsp3) is 0.432. The second kappa shape index (κ2) is 64.4. The number of ketones is 1. The first kappa shape index (κ1) is 126. The Morgan fingerprint density at radius 3 is 1.41 bits per heavy atom. The predicted molar refractivity (Wildman–Crippen MR) is 506 cm³/mol. The second-order valence-corrected chi connectivity index (χ2v) is 32.1. The van der Waals surface area contributed by atoms with Crippen LogP contribution in [-0.2, 0) is 61.2 Å². The molecule has 744 valence electrons. The fourth-order valence-electron chi connectivity index (χ4n) is 12.0. The molecule has 9 aromatic rings. The molecule has 0 aliphatic carbocycles. The molecule has 0 bridgehead atoms. The van der Waals surface area contributed by atoms with Gasteiger partial charge >= 0.3 is 133 Å². The van der Waals surface area contributed by atoms with E-state index in [2.05, 4.69) is 62.9 Å². The molecular weight excluding hydrogens is 1920 g/mol. The summed E-state index contributed by atoms with van der Waals surface area (Å²) < 4.78 is 45.8. The molecule has 0 aliphatic heterocycles. The van der Waals surface area contributed by atoms with Crippen molar-refractivity contribution in [1.82, 2.24) is 54.6 Å². The van der Waals surface area contributed by atoms with Gasteiger partial charge in [-0.3, -0.25) is 68.5 Å². The third kappa shape index (κ3) is 45.7. The number of anilines is 4. The van der Waals surface area contributed by atoms with Crippen LogP contribution in [0, 0.1) is 50.1 Å². The summed E-state index contributed by atoms with van der Waals surface area (Å²) in [5.41, 5.74) is 36.7. The van der Waals surface area contributed by atoms with Gasteiger partial charge in [0, 0.05) is 116 Å². The number of rotatable bonds is 37. The van der Waals surface area contributed by atoms with E-state index in [0.29, 0.717) is 159 Å². The van der Waals surface area contributed by atoms with Crippen LogP contribution >= 0.6 is 15.9 Å². The number of unbranched alkanes of at least 4 members (excludes halogenated alkanes) is 4. The van der Waals surface area contributed by atoms with Crippen molar-refractivity contribution in [2.75, 3.05) is 82.3 Å². The number of carbonyl (C=O) groups excluding carboxylic acids is 11. The molecule has 4 aromatic heterocycles. The predicted octanol–water partition coefficient (Wildman–Crippen LogP) is 4.09. The number of aromatic nitrogens is 8. The Kier molecular flexibility index (Phi) is 59.0. The Morgan fingerprint density at radius 1 is 0.572 bits per heavy atom. The van der Waals surface area contributed by atoms with Crippen LogP contribution in [-0.4, -0.2) is 197 Å². The number of benzene rings is 5. The number of nitrogens with two attached hydrogens (primary N) is 6. The molecule has 50 heteroatoms. The molecule has 0 fully saturated rings. The molecule has 19 N–H and O–H groups in total. The van der Waals surface area contributed by atoms with Crippen LogP contribution in [0.1, 0.15) is 219 Å². The first-order valence-corrected chi connectivity index (χ1v) is 43.0. The third-order valence-corrected chi connectivity index (χ3v) is 17.8. The maximum absolute atomic E-state index is 13.6. The van der Waals surface area contributed by atoms with Gasteiger partial charge in [-0.2, -0.15) is 19.8 Å². The number of aryl methyl sites for hydroxylation is 6. The first-order valence-electron chi connectivity index (χ1n) is 42.2. The van der Waals surface area contributed by atoms with Gasteiger partial charge in [-0.15, -0.1) is 0 Å². The molecule has 0 aliphatic rings. The van der Waals surface area contributed by atoms with Crippen molar-refractivity contribution >= 4 is 138 Å². The zero-order valence-corrected chi connectivity index (χ0v) is 88.7. The van der Waals surface area contributed by atoms with Gasteiger partial charge in [0.25, 0.3) is 18.1 Å². The number of aliphatic hydroxyl groups is 1. The first-order chi connectivity index (χ1) is 64.0. The van der Waals surface area contributed by atoms with Crippen LogP contribution < -0.4 is 179 Å². The second-order valence-electron chi connectivity index (χ2n) is 31.7. The summed E-state index contributed by atoms with van der Waals surface area (Å²) in [7, 11) is 3.80. The maximum atomic E-state index is 13.6. The number of nitriles is 1. The molecule has 4 heterocycles. The van der Waals surface area contributed by atoms with Crippen LogP contribution in [0.5, 0.6) is 5.75 Å². The van der Waals surface area contributed by atoms with Gasteiger partial charge < -0.3 is 110 Å². The molecule has 0 radical (unpaired) electrons. The van der Waals surface area contributed by atoms with Crippen molar-refractivity contribution in [3.05, 3.63) is 180 Å². The van der Waals surface area contributed by atoms with Gasteiger partial charge in [0.2, 0.25) is 35.4 Å². The zero-order chi connectivity index (χ0) is 103. The van der Waals surface area contributed by atoms with Crippen LogP contribution in [0.3, 0.4) is 0 Å². The van der Waals surface area contributed by atoms with Crippen molar-refractivity contribution in [1.29, 1.82) is 5.26 Å². The average molecular weight is 2050 g/mol. The van der Waals surface area contributed by atoms with E-state index in [1.165, 1.54) is 26.4 Å². The summed E-state index contributed by atoms with van der Waals surface area (Å²) in [6, 6.07) is 23.4. The summed E-state index contributed by atoms with van der Waals surface area (Å²) in [6.45, 7) is 29.1. The van der Waals surface area contributed by atoms with Crippen LogP contribution in [0.15, 0.2) is 97.1 Å². The number of nitrogens with one attached hydrogen (secondary N) is 6. The minimum absolute atomic E-state index is 0. The molecule has 138 heavy (non-hydrogen) atoms. The third-order valence-electron chi connectivity index (χ3n) is 17.8. The Bertz CT molecular complexity index is 5600. The summed E-state index contributed by atoms with van der Waals surface area (Å²) in [5.74, 6) is -3.46. The van der Waals surface area contributed by atoms with E-state index < -0.39 is 79.9 Å². The number of hydrogen-bond acceptors (Lipinski definition) is 32. The van der Waals surface area contributed by atoms with E-state index in [1.54, 1.807) is 95.8 Å². The van der Waals surface area contributed by atoms with E-state index in [-0.39, 0.29) is 163 Å². The number of nitro groups is 2. The van der Waals surface area contributed by atoms with E-state index >= 15 is 0 Å². The average Bonchev–Trinajstić information content (AvgIpc) is 1.62. The van der Waals surface area contributed by atoms with Crippen molar-refractivity contribution in [3.63, 3.8) is 0 Å². The summed E-state index contributed by atoms with van der Waals surface area (Å²) in [6.07, 6.45) is 4.89. The number of carbonyl (C=O) groups is 11. The topological polar surface area (TPSA) is 696 Å². The molecule has 8 amide bonds. The van der Waals surface area contributed by atoms with Crippen molar-refractivity contribution in [2.45, 2.75) is 191 Å². The van der Waals surface area contributed by atoms with Crippen LogP contribution in [0.2, 0.25) is 0 Å². The molecule has 0 atom stereocenters.